The molecule has 0 unspecified atom stereocenters. The van der Waals surface area contributed by atoms with Crippen LogP contribution in [0, 0.1) is 0 Å². The van der Waals surface area contributed by atoms with Crippen LogP contribution >= 0.6 is 0 Å². The summed E-state index contributed by atoms with van der Waals surface area (Å²) in [4.78, 5) is 15.9. The Hall–Kier alpha value is -2.94. The van der Waals surface area contributed by atoms with E-state index < -0.39 is 0 Å². The molecule has 0 saturated carbocycles. The molecular weight excluding hydrogens is 438 g/mol. The average Bonchev–Trinajstić information content (AvgIpc) is 3.50. The number of anilines is 1. The van der Waals surface area contributed by atoms with Gasteiger partial charge in [0.2, 0.25) is 0 Å². The summed E-state index contributed by atoms with van der Waals surface area (Å²) < 4.78 is 7.67. The molecule has 8 nitrogen and oxygen atoms in total. The molecule has 0 bridgehead atoms. The molecule has 35 heavy (non-hydrogen) atoms. The third kappa shape index (κ3) is 4.42. The highest BCUT2D eigenvalue weighted by molar-refractivity contribution is 5.94. The predicted octanol–water partition coefficient (Wildman–Crippen LogP) is 3.63. The van der Waals surface area contributed by atoms with Crippen molar-refractivity contribution in [3.8, 4) is 11.3 Å². The summed E-state index contributed by atoms with van der Waals surface area (Å²) in [5, 5.41) is 6.24. The van der Waals surface area contributed by atoms with Crippen LogP contribution in [0.4, 0.5) is 5.82 Å². The normalized spacial score (nSPS) is 18.7. The monoisotopic (exact) mass is 473 g/mol. The van der Waals surface area contributed by atoms with Gasteiger partial charge in [0.05, 0.1) is 24.6 Å². The summed E-state index contributed by atoms with van der Waals surface area (Å²) in [5.41, 5.74) is 5.45. The van der Waals surface area contributed by atoms with Gasteiger partial charge in [-0.15, -0.1) is 0 Å². The zero-order valence-electron chi connectivity index (χ0n) is 21.0. The molecule has 6 rings (SSSR count). The molecule has 0 amide bonds. The molecule has 2 fully saturated rings. The van der Waals surface area contributed by atoms with Gasteiger partial charge in [-0.25, -0.2) is 4.98 Å². The molecule has 1 aromatic carbocycles. The third-order valence-electron chi connectivity index (χ3n) is 7.37. The first-order chi connectivity index (χ1) is 17.0. The zero-order valence-corrected chi connectivity index (χ0v) is 21.0. The molecule has 8 heteroatoms. The fourth-order valence-corrected chi connectivity index (χ4v) is 5.35. The number of H-pyrrole nitrogens is 1. The number of nitrogens with one attached hydrogen (secondary N) is 1. The zero-order chi connectivity index (χ0) is 24.0. The Morgan fingerprint density at radius 3 is 2.54 bits per heavy atom. The number of nitrogens with zero attached hydrogens (tertiary/aromatic N) is 6. The van der Waals surface area contributed by atoms with Crippen LogP contribution < -0.4 is 4.90 Å². The number of aromatic nitrogens is 4. The van der Waals surface area contributed by atoms with Gasteiger partial charge in [-0.2, -0.15) is 9.61 Å². The molecule has 0 atom stereocenters. The van der Waals surface area contributed by atoms with Crippen LogP contribution in [-0.2, 0) is 11.3 Å². The Morgan fingerprint density at radius 2 is 1.77 bits per heavy atom. The number of fused-ring (bicyclic) bond motifs is 2. The van der Waals surface area contributed by atoms with Gasteiger partial charge in [-0.3, -0.25) is 9.80 Å². The van der Waals surface area contributed by atoms with E-state index in [1.165, 1.54) is 5.39 Å². The quantitative estimate of drug-likeness (QED) is 0.488. The first kappa shape index (κ1) is 22.5. The van der Waals surface area contributed by atoms with Crippen molar-refractivity contribution in [3.05, 3.63) is 48.3 Å². The van der Waals surface area contributed by atoms with Gasteiger partial charge in [0.15, 0.2) is 5.65 Å². The first-order valence-electron chi connectivity index (χ1n) is 12.7. The van der Waals surface area contributed by atoms with E-state index >= 15 is 0 Å². The summed E-state index contributed by atoms with van der Waals surface area (Å²) in [7, 11) is 0. The number of hydrogen-bond donors (Lipinski definition) is 1. The number of hydrogen-bond acceptors (Lipinski definition) is 6. The summed E-state index contributed by atoms with van der Waals surface area (Å²) in [6, 6.07) is 12.8. The van der Waals surface area contributed by atoms with E-state index in [2.05, 4.69) is 76.9 Å². The fraction of sp³-hybridized carbons (Fsp3) is 0.481. The SMILES string of the molecule is CC(C)(C)N1CCN(Cc2cc3nc(-c4cccc5[nH]ccc45)cc(N4CCOCC4)n3n2)CC1. The summed E-state index contributed by atoms with van der Waals surface area (Å²) in [5.74, 6) is 1.09. The van der Waals surface area contributed by atoms with E-state index in [1.807, 2.05) is 10.7 Å². The molecule has 2 aliphatic rings. The molecule has 1 N–H and O–H groups in total. The van der Waals surface area contributed by atoms with Crippen molar-refractivity contribution in [2.45, 2.75) is 32.9 Å². The highest BCUT2D eigenvalue weighted by Crippen LogP contribution is 2.31. The van der Waals surface area contributed by atoms with E-state index in [0.717, 1.165) is 93.0 Å². The number of rotatable bonds is 4. The van der Waals surface area contributed by atoms with Crippen molar-refractivity contribution >= 4 is 22.4 Å². The van der Waals surface area contributed by atoms with Gasteiger partial charge in [0.25, 0.3) is 0 Å². The van der Waals surface area contributed by atoms with Gasteiger partial charge in [0, 0.05) is 86.1 Å². The van der Waals surface area contributed by atoms with Crippen LogP contribution in [-0.4, -0.2) is 87.4 Å². The van der Waals surface area contributed by atoms with Crippen LogP contribution in [0.1, 0.15) is 26.5 Å². The van der Waals surface area contributed by atoms with Crippen LogP contribution in [0.15, 0.2) is 42.6 Å². The van der Waals surface area contributed by atoms with Crippen LogP contribution in [0.2, 0.25) is 0 Å². The third-order valence-corrected chi connectivity index (χ3v) is 7.37. The molecule has 2 saturated heterocycles. The maximum atomic E-state index is 5.63. The van der Waals surface area contributed by atoms with Gasteiger partial charge in [-0.05, 0) is 32.9 Å². The smallest absolute Gasteiger partial charge is 0.158 e. The van der Waals surface area contributed by atoms with Gasteiger partial charge in [-0.1, -0.05) is 12.1 Å². The standard InChI is InChI=1S/C27H35N7O/c1-27(2,3)33-11-9-31(10-12-33)19-20-17-25-29-24(21-5-4-6-23-22(21)7-8-28-23)18-26(34(25)30-20)32-13-15-35-16-14-32/h4-8,17-18,28H,9-16,19H2,1-3H3. The van der Waals surface area contributed by atoms with Crippen molar-refractivity contribution in [1.82, 2.24) is 29.4 Å². The minimum Gasteiger partial charge on any atom is -0.378 e. The Morgan fingerprint density at radius 1 is 0.971 bits per heavy atom. The highest BCUT2D eigenvalue weighted by atomic mass is 16.5. The number of piperazine rings is 1. The molecule has 184 valence electrons. The average molecular weight is 474 g/mol. The molecule has 5 heterocycles. The molecule has 0 aliphatic carbocycles. The fourth-order valence-electron chi connectivity index (χ4n) is 5.35. The van der Waals surface area contributed by atoms with E-state index in [-0.39, 0.29) is 5.54 Å². The van der Waals surface area contributed by atoms with Crippen molar-refractivity contribution < 1.29 is 4.74 Å². The maximum Gasteiger partial charge on any atom is 0.158 e. The number of aromatic amines is 1. The second-order valence-corrected chi connectivity index (χ2v) is 10.7. The van der Waals surface area contributed by atoms with Crippen molar-refractivity contribution in [3.63, 3.8) is 0 Å². The molecule has 4 aromatic rings. The summed E-state index contributed by atoms with van der Waals surface area (Å²) in [6.45, 7) is 15.3. The highest BCUT2D eigenvalue weighted by Gasteiger charge is 2.26. The molecule has 0 spiro atoms. The topological polar surface area (TPSA) is 64.9 Å². The molecular formula is C27H35N7O. The van der Waals surface area contributed by atoms with Crippen molar-refractivity contribution in [2.24, 2.45) is 0 Å². The predicted molar refractivity (Wildman–Crippen MR) is 140 cm³/mol. The molecule has 3 aromatic heterocycles. The van der Waals surface area contributed by atoms with E-state index in [1.54, 1.807) is 0 Å². The second-order valence-electron chi connectivity index (χ2n) is 10.7. The van der Waals surface area contributed by atoms with Crippen LogP contribution in [0.3, 0.4) is 0 Å². The van der Waals surface area contributed by atoms with E-state index in [4.69, 9.17) is 14.8 Å². The van der Waals surface area contributed by atoms with Gasteiger partial charge in [0.1, 0.15) is 5.82 Å². The molecule has 0 radical (unpaired) electrons. The number of benzene rings is 1. The lowest BCUT2D eigenvalue weighted by molar-refractivity contribution is 0.0585. The van der Waals surface area contributed by atoms with Gasteiger partial charge < -0.3 is 14.6 Å². The minimum absolute atomic E-state index is 0.227. The summed E-state index contributed by atoms with van der Waals surface area (Å²) >= 11 is 0. The summed E-state index contributed by atoms with van der Waals surface area (Å²) in [6.07, 6.45) is 1.99. The second kappa shape index (κ2) is 8.93. The van der Waals surface area contributed by atoms with Crippen molar-refractivity contribution in [1.29, 1.82) is 0 Å². The van der Waals surface area contributed by atoms with E-state index in [0.29, 0.717) is 0 Å². The van der Waals surface area contributed by atoms with Gasteiger partial charge >= 0.3 is 0 Å². The molecule has 2 aliphatic heterocycles. The Kier molecular flexibility index (Phi) is 5.75. The van der Waals surface area contributed by atoms with Crippen LogP contribution in [0.25, 0.3) is 27.8 Å². The first-order valence-corrected chi connectivity index (χ1v) is 12.7. The van der Waals surface area contributed by atoms with E-state index in [9.17, 15) is 0 Å². The van der Waals surface area contributed by atoms with Crippen molar-refractivity contribution in [2.75, 3.05) is 57.4 Å². The lowest BCUT2D eigenvalue weighted by atomic mass is 10.0. The maximum absolute atomic E-state index is 5.63. The Bertz CT molecular complexity index is 1320. The number of morpholine rings is 1. The Balaban J connectivity index is 1.35. The minimum atomic E-state index is 0.227. The lowest BCUT2D eigenvalue weighted by Gasteiger charge is -2.42. The lowest BCUT2D eigenvalue weighted by Crippen LogP contribution is -2.53. The Labute approximate surface area is 206 Å². The number of ether oxygens (including phenoxy) is 1. The van der Waals surface area contributed by atoms with Crippen LogP contribution in [0.5, 0.6) is 0 Å². The largest absolute Gasteiger partial charge is 0.378 e.